The van der Waals surface area contributed by atoms with E-state index in [0.717, 1.165) is 12.8 Å². The Morgan fingerprint density at radius 3 is 2.42 bits per heavy atom. The monoisotopic (exact) mass is 283 g/mol. The first-order valence-corrected chi connectivity index (χ1v) is 8.47. The number of carbonyl (C=O) groups excluding carboxylic acids is 1. The van der Waals surface area contributed by atoms with Gasteiger partial charge in [-0.2, -0.15) is 0 Å². The SMILES string of the molecule is CS(=O)(=O)C1CC2CCC(C1)N2C(=O)c1ccco1. The fourth-order valence-electron chi connectivity index (χ4n) is 3.34. The van der Waals surface area contributed by atoms with Crippen LogP contribution in [0.3, 0.4) is 0 Å². The second-order valence-corrected chi connectivity index (χ2v) is 7.82. The van der Waals surface area contributed by atoms with E-state index in [1.165, 1.54) is 12.5 Å². The van der Waals surface area contributed by atoms with Gasteiger partial charge in [-0.05, 0) is 37.8 Å². The van der Waals surface area contributed by atoms with Gasteiger partial charge in [0.2, 0.25) is 0 Å². The number of hydrogen-bond acceptors (Lipinski definition) is 4. The zero-order valence-corrected chi connectivity index (χ0v) is 11.6. The maximum absolute atomic E-state index is 12.4. The average Bonchev–Trinajstić information content (AvgIpc) is 2.94. The van der Waals surface area contributed by atoms with E-state index in [1.54, 1.807) is 12.1 Å². The first-order chi connectivity index (χ1) is 8.97. The zero-order valence-electron chi connectivity index (χ0n) is 10.8. The third kappa shape index (κ3) is 2.18. The van der Waals surface area contributed by atoms with E-state index in [1.807, 2.05) is 4.90 Å². The Hall–Kier alpha value is -1.30. The van der Waals surface area contributed by atoms with Crippen molar-refractivity contribution in [2.75, 3.05) is 6.26 Å². The van der Waals surface area contributed by atoms with Crippen molar-refractivity contribution in [3.05, 3.63) is 24.2 Å². The largest absolute Gasteiger partial charge is 0.459 e. The molecule has 104 valence electrons. The highest BCUT2D eigenvalue weighted by atomic mass is 32.2. The Balaban J connectivity index is 1.82. The van der Waals surface area contributed by atoms with Crippen molar-refractivity contribution in [1.82, 2.24) is 4.90 Å². The van der Waals surface area contributed by atoms with E-state index in [0.29, 0.717) is 18.6 Å². The molecule has 2 atom stereocenters. The van der Waals surface area contributed by atoms with Crippen LogP contribution in [0.15, 0.2) is 22.8 Å². The molecule has 2 saturated heterocycles. The van der Waals surface area contributed by atoms with Gasteiger partial charge in [-0.1, -0.05) is 0 Å². The molecule has 2 unspecified atom stereocenters. The molecule has 0 saturated carbocycles. The summed E-state index contributed by atoms with van der Waals surface area (Å²) in [6.45, 7) is 0. The van der Waals surface area contributed by atoms with Gasteiger partial charge in [0.05, 0.1) is 11.5 Å². The van der Waals surface area contributed by atoms with Gasteiger partial charge in [0.1, 0.15) is 9.84 Å². The Morgan fingerprint density at radius 2 is 1.95 bits per heavy atom. The second-order valence-electron chi connectivity index (χ2n) is 5.50. The van der Waals surface area contributed by atoms with Crippen LogP contribution in [0, 0.1) is 0 Å². The minimum atomic E-state index is -3.02. The predicted molar refractivity (Wildman–Crippen MR) is 69.6 cm³/mol. The lowest BCUT2D eigenvalue weighted by Gasteiger charge is -2.37. The Morgan fingerprint density at radius 1 is 1.32 bits per heavy atom. The molecular weight excluding hydrogens is 266 g/mol. The molecule has 0 aromatic carbocycles. The molecule has 1 aromatic heterocycles. The first kappa shape index (κ1) is 12.7. The van der Waals surface area contributed by atoms with Gasteiger partial charge in [0, 0.05) is 18.3 Å². The third-order valence-corrected chi connectivity index (χ3v) is 5.86. The Kier molecular flexibility index (Phi) is 2.92. The smallest absolute Gasteiger partial charge is 0.290 e. The molecule has 3 heterocycles. The number of carbonyl (C=O) groups is 1. The third-order valence-electron chi connectivity index (χ3n) is 4.26. The lowest BCUT2D eigenvalue weighted by molar-refractivity contribution is 0.0565. The van der Waals surface area contributed by atoms with Crippen LogP contribution in [0.1, 0.15) is 36.2 Å². The van der Waals surface area contributed by atoms with Crippen molar-refractivity contribution in [1.29, 1.82) is 0 Å². The summed E-state index contributed by atoms with van der Waals surface area (Å²) in [7, 11) is -3.02. The van der Waals surface area contributed by atoms with Crippen LogP contribution in [0.25, 0.3) is 0 Å². The standard InChI is InChI=1S/C13H17NO4S/c1-19(16,17)11-7-9-4-5-10(8-11)14(9)13(15)12-3-2-6-18-12/h2-3,6,9-11H,4-5,7-8H2,1H3. The Labute approximate surface area is 112 Å². The highest BCUT2D eigenvalue weighted by Gasteiger charge is 2.46. The summed E-state index contributed by atoms with van der Waals surface area (Å²) in [5.41, 5.74) is 0. The van der Waals surface area contributed by atoms with Crippen molar-refractivity contribution < 1.29 is 17.6 Å². The summed E-state index contributed by atoms with van der Waals surface area (Å²) in [5.74, 6) is 0.235. The molecule has 1 amide bonds. The maximum atomic E-state index is 12.4. The highest BCUT2D eigenvalue weighted by Crippen LogP contribution is 2.38. The molecule has 19 heavy (non-hydrogen) atoms. The summed E-state index contributed by atoms with van der Waals surface area (Å²) in [6.07, 6.45) is 5.68. The van der Waals surface area contributed by atoms with Crippen LogP contribution in [0.5, 0.6) is 0 Å². The molecule has 6 heteroatoms. The quantitative estimate of drug-likeness (QED) is 0.824. The van der Waals surface area contributed by atoms with E-state index in [-0.39, 0.29) is 23.2 Å². The molecule has 2 fully saturated rings. The van der Waals surface area contributed by atoms with Gasteiger partial charge >= 0.3 is 0 Å². The maximum Gasteiger partial charge on any atom is 0.290 e. The number of sulfone groups is 1. The van der Waals surface area contributed by atoms with Crippen molar-refractivity contribution in [3.8, 4) is 0 Å². The van der Waals surface area contributed by atoms with Crippen LogP contribution < -0.4 is 0 Å². The average molecular weight is 283 g/mol. The van der Waals surface area contributed by atoms with Crippen molar-refractivity contribution in [2.45, 2.75) is 43.0 Å². The molecule has 2 aliphatic heterocycles. The van der Waals surface area contributed by atoms with Gasteiger partial charge in [-0.25, -0.2) is 8.42 Å². The molecule has 0 radical (unpaired) electrons. The molecule has 3 rings (SSSR count). The zero-order chi connectivity index (χ0) is 13.6. The van der Waals surface area contributed by atoms with Gasteiger partial charge in [-0.3, -0.25) is 4.79 Å². The van der Waals surface area contributed by atoms with Crippen LogP contribution in [0.2, 0.25) is 0 Å². The van der Waals surface area contributed by atoms with Crippen LogP contribution >= 0.6 is 0 Å². The van der Waals surface area contributed by atoms with Crippen molar-refractivity contribution >= 4 is 15.7 Å². The van der Waals surface area contributed by atoms with Gasteiger partial charge in [0.15, 0.2) is 5.76 Å². The summed E-state index contributed by atoms with van der Waals surface area (Å²) in [6, 6.07) is 3.43. The topological polar surface area (TPSA) is 67.6 Å². The number of fused-ring (bicyclic) bond motifs is 2. The van der Waals surface area contributed by atoms with Gasteiger partial charge < -0.3 is 9.32 Å². The van der Waals surface area contributed by atoms with Crippen molar-refractivity contribution in [2.24, 2.45) is 0 Å². The first-order valence-electron chi connectivity index (χ1n) is 6.52. The number of amides is 1. The second kappa shape index (κ2) is 4.37. The van der Waals surface area contributed by atoms with E-state index in [9.17, 15) is 13.2 Å². The highest BCUT2D eigenvalue weighted by molar-refractivity contribution is 7.91. The fraction of sp³-hybridized carbons (Fsp3) is 0.615. The number of furan rings is 1. The predicted octanol–water partition coefficient (Wildman–Crippen LogP) is 1.46. The lowest BCUT2D eigenvalue weighted by atomic mass is 10.0. The minimum absolute atomic E-state index is 0.0380. The number of hydrogen-bond donors (Lipinski definition) is 0. The van der Waals surface area contributed by atoms with E-state index < -0.39 is 9.84 Å². The number of piperidine rings is 1. The molecule has 0 aliphatic carbocycles. The van der Waals surface area contributed by atoms with Crippen LogP contribution in [-0.2, 0) is 9.84 Å². The van der Waals surface area contributed by atoms with E-state index in [4.69, 9.17) is 4.42 Å². The molecule has 0 N–H and O–H groups in total. The van der Waals surface area contributed by atoms with Crippen LogP contribution in [-0.4, -0.2) is 42.8 Å². The van der Waals surface area contributed by atoms with Gasteiger partial charge in [-0.15, -0.1) is 0 Å². The number of rotatable bonds is 2. The molecule has 2 aliphatic rings. The lowest BCUT2D eigenvalue weighted by Crippen LogP contribution is -2.49. The van der Waals surface area contributed by atoms with Gasteiger partial charge in [0.25, 0.3) is 5.91 Å². The summed E-state index contributed by atoms with van der Waals surface area (Å²) in [4.78, 5) is 14.2. The molecule has 2 bridgehead atoms. The molecule has 0 spiro atoms. The Bertz CT molecular complexity index is 564. The normalized spacial score (nSPS) is 30.6. The van der Waals surface area contributed by atoms with Crippen molar-refractivity contribution in [3.63, 3.8) is 0 Å². The van der Waals surface area contributed by atoms with Crippen LogP contribution in [0.4, 0.5) is 0 Å². The summed E-state index contributed by atoms with van der Waals surface area (Å²) in [5, 5.41) is -0.300. The molecule has 5 nitrogen and oxygen atoms in total. The molecular formula is C13H17NO4S. The molecule has 1 aromatic rings. The minimum Gasteiger partial charge on any atom is -0.459 e. The summed E-state index contributed by atoms with van der Waals surface area (Å²) >= 11 is 0. The summed E-state index contributed by atoms with van der Waals surface area (Å²) < 4.78 is 28.5. The number of nitrogens with zero attached hydrogens (tertiary/aromatic N) is 1. The van der Waals surface area contributed by atoms with E-state index in [2.05, 4.69) is 0 Å². The fourth-order valence-corrected chi connectivity index (χ4v) is 4.48. The van der Waals surface area contributed by atoms with E-state index >= 15 is 0 Å².